The van der Waals surface area contributed by atoms with Crippen molar-refractivity contribution in [2.45, 2.75) is 53.1 Å². The predicted molar refractivity (Wildman–Crippen MR) is 90.6 cm³/mol. The third-order valence-corrected chi connectivity index (χ3v) is 4.68. The zero-order valence-electron chi connectivity index (χ0n) is 14.4. The van der Waals surface area contributed by atoms with Gasteiger partial charge in [0, 0.05) is 36.9 Å². The van der Waals surface area contributed by atoms with Crippen LogP contribution in [0.25, 0.3) is 0 Å². The number of allylic oxidation sites excluding steroid dienone is 1. The van der Waals surface area contributed by atoms with Crippen LogP contribution in [0.15, 0.2) is 18.9 Å². The van der Waals surface area contributed by atoms with Crippen molar-refractivity contribution in [1.82, 2.24) is 14.7 Å². The Balaban J connectivity index is 2.04. The molecule has 1 aromatic heterocycles. The van der Waals surface area contributed by atoms with Crippen LogP contribution in [0.3, 0.4) is 0 Å². The topological polar surface area (TPSA) is 41.3 Å². The van der Waals surface area contributed by atoms with Crippen molar-refractivity contribution in [1.29, 1.82) is 0 Å². The molecule has 0 aliphatic carbocycles. The molecule has 4 heteroatoms. The molecule has 1 saturated heterocycles. The Hall–Kier alpha value is -1.13. The molecule has 0 bridgehead atoms. The summed E-state index contributed by atoms with van der Waals surface area (Å²) >= 11 is 0. The third kappa shape index (κ3) is 4.20. The molecular weight excluding hydrogens is 274 g/mol. The van der Waals surface area contributed by atoms with Gasteiger partial charge in [-0.25, -0.2) is 0 Å². The Kier molecular flexibility index (Phi) is 5.81. The minimum absolute atomic E-state index is 0.0808. The van der Waals surface area contributed by atoms with Gasteiger partial charge in [0.05, 0.1) is 12.2 Å². The highest BCUT2D eigenvalue weighted by molar-refractivity contribution is 5.15. The highest BCUT2D eigenvalue weighted by atomic mass is 16.3. The number of nitrogens with zero attached hydrogens (tertiary/aromatic N) is 3. The lowest BCUT2D eigenvalue weighted by molar-refractivity contribution is 0.0132. The van der Waals surface area contributed by atoms with Crippen molar-refractivity contribution < 1.29 is 5.11 Å². The van der Waals surface area contributed by atoms with Crippen molar-refractivity contribution in [3.63, 3.8) is 0 Å². The van der Waals surface area contributed by atoms with Gasteiger partial charge in [0.15, 0.2) is 0 Å². The van der Waals surface area contributed by atoms with Crippen molar-refractivity contribution >= 4 is 0 Å². The van der Waals surface area contributed by atoms with Crippen LogP contribution in [0.5, 0.6) is 0 Å². The first kappa shape index (κ1) is 17.2. The van der Waals surface area contributed by atoms with Gasteiger partial charge >= 0.3 is 0 Å². The van der Waals surface area contributed by atoms with Crippen molar-refractivity contribution in [2.75, 3.05) is 19.7 Å². The number of rotatable bonds is 7. The van der Waals surface area contributed by atoms with E-state index in [1.165, 1.54) is 12.0 Å². The second kappa shape index (κ2) is 7.42. The Morgan fingerprint density at radius 1 is 1.50 bits per heavy atom. The van der Waals surface area contributed by atoms with Gasteiger partial charge in [0.1, 0.15) is 0 Å². The number of aliphatic hydroxyl groups is 1. The maximum Gasteiger partial charge on any atom is 0.0638 e. The minimum atomic E-state index is 0.0808. The first-order valence-electron chi connectivity index (χ1n) is 8.45. The van der Waals surface area contributed by atoms with E-state index >= 15 is 0 Å². The average Bonchev–Trinajstić information content (AvgIpc) is 2.79. The second-order valence-corrected chi connectivity index (χ2v) is 7.32. The molecule has 0 saturated carbocycles. The molecule has 1 fully saturated rings. The summed E-state index contributed by atoms with van der Waals surface area (Å²) in [4.78, 5) is 2.49. The summed E-state index contributed by atoms with van der Waals surface area (Å²) in [6, 6.07) is 0. The summed E-state index contributed by atoms with van der Waals surface area (Å²) in [5.41, 5.74) is 2.48. The SMILES string of the molecule is C=CCn1cc(CN2CCC[C@@](CO)(CC(C)C)C2)c(C)n1. The standard InChI is InChI=1S/C18H31N3O/c1-5-8-21-12-17(16(4)19-21)11-20-9-6-7-18(13-20,14-22)10-15(2)3/h5,12,15,22H,1,6-11,13-14H2,2-4H3/t18-/m1/s1. The maximum atomic E-state index is 9.95. The number of likely N-dealkylation sites (tertiary alicyclic amines) is 1. The molecule has 4 nitrogen and oxygen atoms in total. The molecule has 1 N–H and O–H groups in total. The van der Waals surface area contributed by atoms with Crippen LogP contribution in [0.2, 0.25) is 0 Å². The lowest BCUT2D eigenvalue weighted by atomic mass is 9.74. The highest BCUT2D eigenvalue weighted by Crippen LogP contribution is 2.36. The van der Waals surface area contributed by atoms with Gasteiger partial charge in [-0.2, -0.15) is 5.10 Å². The summed E-state index contributed by atoms with van der Waals surface area (Å²) in [6.07, 6.45) is 7.43. The number of hydrogen-bond acceptors (Lipinski definition) is 3. The fourth-order valence-corrected chi connectivity index (χ4v) is 3.85. The molecule has 1 atom stereocenters. The summed E-state index contributed by atoms with van der Waals surface area (Å²) in [6.45, 7) is 14.4. The second-order valence-electron chi connectivity index (χ2n) is 7.32. The van der Waals surface area contributed by atoms with Crippen LogP contribution in [0.1, 0.15) is 44.4 Å². The average molecular weight is 305 g/mol. The summed E-state index contributed by atoms with van der Waals surface area (Å²) < 4.78 is 1.95. The van der Waals surface area contributed by atoms with Gasteiger partial charge in [-0.15, -0.1) is 6.58 Å². The first-order chi connectivity index (χ1) is 10.5. The fourth-order valence-electron chi connectivity index (χ4n) is 3.85. The molecule has 0 amide bonds. The summed E-state index contributed by atoms with van der Waals surface area (Å²) in [5.74, 6) is 0.629. The molecule has 0 spiro atoms. The zero-order valence-corrected chi connectivity index (χ0v) is 14.4. The van der Waals surface area contributed by atoms with E-state index in [1.54, 1.807) is 0 Å². The van der Waals surface area contributed by atoms with Crippen molar-refractivity contribution in [3.8, 4) is 0 Å². The van der Waals surface area contributed by atoms with Crippen LogP contribution in [0, 0.1) is 18.3 Å². The van der Waals surface area contributed by atoms with Crippen molar-refractivity contribution in [3.05, 3.63) is 30.1 Å². The molecule has 124 valence electrons. The van der Waals surface area contributed by atoms with Gasteiger partial charge in [-0.1, -0.05) is 19.9 Å². The molecular formula is C18H31N3O. The van der Waals surface area contributed by atoms with E-state index in [0.717, 1.165) is 44.7 Å². The van der Waals surface area contributed by atoms with E-state index in [-0.39, 0.29) is 5.41 Å². The minimum Gasteiger partial charge on any atom is -0.396 e. The molecule has 0 unspecified atom stereocenters. The first-order valence-corrected chi connectivity index (χ1v) is 8.45. The zero-order chi connectivity index (χ0) is 16.2. The Morgan fingerprint density at radius 2 is 2.27 bits per heavy atom. The van der Waals surface area contributed by atoms with Crippen LogP contribution in [-0.4, -0.2) is 39.5 Å². The lowest BCUT2D eigenvalue weighted by Gasteiger charge is -2.43. The maximum absolute atomic E-state index is 9.95. The number of piperidine rings is 1. The van der Waals surface area contributed by atoms with Gasteiger partial charge in [0.2, 0.25) is 0 Å². The summed E-state index contributed by atoms with van der Waals surface area (Å²) in [7, 11) is 0. The molecule has 2 rings (SSSR count). The normalized spacial score (nSPS) is 23.1. The molecule has 1 aromatic rings. The van der Waals surface area contributed by atoms with Gasteiger partial charge in [0.25, 0.3) is 0 Å². The van der Waals surface area contributed by atoms with Gasteiger partial charge in [-0.05, 0) is 38.6 Å². The van der Waals surface area contributed by atoms with E-state index in [2.05, 4.69) is 43.5 Å². The smallest absolute Gasteiger partial charge is 0.0638 e. The predicted octanol–water partition coefficient (Wildman–Crippen LogP) is 3.00. The van der Waals surface area contributed by atoms with Crippen LogP contribution >= 0.6 is 0 Å². The lowest BCUT2D eigenvalue weighted by Crippen LogP contribution is -2.45. The third-order valence-electron chi connectivity index (χ3n) is 4.68. The number of aromatic nitrogens is 2. The van der Waals surface area contributed by atoms with E-state index in [0.29, 0.717) is 12.5 Å². The molecule has 0 radical (unpaired) electrons. The monoisotopic (exact) mass is 305 g/mol. The Morgan fingerprint density at radius 3 is 2.91 bits per heavy atom. The van der Waals surface area contributed by atoms with E-state index in [4.69, 9.17) is 0 Å². The van der Waals surface area contributed by atoms with Gasteiger partial charge < -0.3 is 5.11 Å². The number of aryl methyl sites for hydroxylation is 1. The van der Waals surface area contributed by atoms with E-state index < -0.39 is 0 Å². The quantitative estimate of drug-likeness (QED) is 0.787. The Labute approximate surface area is 134 Å². The van der Waals surface area contributed by atoms with E-state index in [9.17, 15) is 5.11 Å². The molecule has 2 heterocycles. The van der Waals surface area contributed by atoms with Gasteiger partial charge in [-0.3, -0.25) is 9.58 Å². The largest absolute Gasteiger partial charge is 0.396 e. The highest BCUT2D eigenvalue weighted by Gasteiger charge is 2.35. The number of aliphatic hydroxyl groups excluding tert-OH is 1. The number of hydrogen-bond donors (Lipinski definition) is 1. The van der Waals surface area contributed by atoms with E-state index in [1.807, 2.05) is 10.8 Å². The molecule has 0 aromatic carbocycles. The molecule has 22 heavy (non-hydrogen) atoms. The summed E-state index contributed by atoms with van der Waals surface area (Å²) in [5, 5.41) is 14.5. The fraction of sp³-hybridized carbons (Fsp3) is 0.722. The van der Waals surface area contributed by atoms with Crippen LogP contribution in [0.4, 0.5) is 0 Å². The van der Waals surface area contributed by atoms with Crippen molar-refractivity contribution in [2.24, 2.45) is 11.3 Å². The molecule has 1 aliphatic heterocycles. The molecule has 1 aliphatic rings. The van der Waals surface area contributed by atoms with Crippen LogP contribution < -0.4 is 0 Å². The van der Waals surface area contributed by atoms with Crippen LogP contribution in [-0.2, 0) is 13.1 Å². The Bertz CT molecular complexity index is 495.